The van der Waals surface area contributed by atoms with Crippen molar-refractivity contribution in [3.63, 3.8) is 0 Å². The third-order valence-electron chi connectivity index (χ3n) is 4.16. The largest absolute Gasteiger partial charge is 0.496 e. The van der Waals surface area contributed by atoms with Gasteiger partial charge in [0.2, 0.25) is 17.0 Å². The summed E-state index contributed by atoms with van der Waals surface area (Å²) in [6, 6.07) is 12.1. The van der Waals surface area contributed by atoms with E-state index in [9.17, 15) is 9.59 Å². The molecule has 0 unspecified atom stereocenters. The van der Waals surface area contributed by atoms with Gasteiger partial charge in [-0.05, 0) is 30.3 Å². The van der Waals surface area contributed by atoms with Gasteiger partial charge in [0, 0.05) is 12.1 Å². The lowest BCUT2D eigenvalue weighted by Gasteiger charge is -2.16. The minimum atomic E-state index is -0.345. The Labute approximate surface area is 193 Å². The van der Waals surface area contributed by atoms with E-state index in [4.69, 9.17) is 27.9 Å². The first-order valence-corrected chi connectivity index (χ1v) is 10.8. The van der Waals surface area contributed by atoms with Gasteiger partial charge >= 0.3 is 0 Å². The normalized spacial score (nSPS) is 10.6. The van der Waals surface area contributed by atoms with Crippen LogP contribution in [0.1, 0.15) is 0 Å². The first-order chi connectivity index (χ1) is 14.9. The number of anilines is 1. The van der Waals surface area contributed by atoms with Gasteiger partial charge in [0.05, 0.1) is 35.7 Å². The van der Waals surface area contributed by atoms with Gasteiger partial charge in [-0.1, -0.05) is 47.1 Å². The van der Waals surface area contributed by atoms with Crippen LogP contribution in [0, 0.1) is 0 Å². The lowest BCUT2D eigenvalue weighted by molar-refractivity contribution is -0.131. The number of aromatic amines is 1. The molecule has 11 heteroatoms. The number of amides is 2. The van der Waals surface area contributed by atoms with Crippen LogP contribution in [0.25, 0.3) is 11.4 Å². The number of aromatic nitrogens is 3. The van der Waals surface area contributed by atoms with Gasteiger partial charge in [0.25, 0.3) is 0 Å². The number of carbonyl (C=O) groups is 2. The predicted octanol–water partition coefficient (Wildman–Crippen LogP) is 3.98. The Kier molecular flexibility index (Phi) is 7.78. The van der Waals surface area contributed by atoms with Crippen molar-refractivity contribution in [2.24, 2.45) is 0 Å². The summed E-state index contributed by atoms with van der Waals surface area (Å²) in [6.45, 7) is -0.108. The maximum atomic E-state index is 12.4. The van der Waals surface area contributed by atoms with Crippen LogP contribution in [0.15, 0.2) is 47.6 Å². The number of methoxy groups -OCH3 is 1. The van der Waals surface area contributed by atoms with Crippen LogP contribution in [-0.4, -0.2) is 58.4 Å². The van der Waals surface area contributed by atoms with Crippen LogP contribution < -0.4 is 10.1 Å². The molecule has 0 saturated carbocycles. The van der Waals surface area contributed by atoms with Crippen LogP contribution in [0.4, 0.5) is 5.69 Å². The number of hydrogen-bond acceptors (Lipinski definition) is 6. The summed E-state index contributed by atoms with van der Waals surface area (Å²) in [5.74, 6) is 0.548. The quantitative estimate of drug-likeness (QED) is 0.474. The highest BCUT2D eigenvalue weighted by Crippen LogP contribution is 2.31. The molecule has 2 aromatic carbocycles. The van der Waals surface area contributed by atoms with Gasteiger partial charge in [-0.3, -0.25) is 14.7 Å². The van der Waals surface area contributed by atoms with Crippen molar-refractivity contribution in [1.29, 1.82) is 0 Å². The Morgan fingerprint density at radius 1 is 1.23 bits per heavy atom. The predicted molar refractivity (Wildman–Crippen MR) is 122 cm³/mol. The Bertz CT molecular complexity index is 1090. The summed E-state index contributed by atoms with van der Waals surface area (Å²) in [6.07, 6.45) is 0. The van der Waals surface area contributed by atoms with E-state index in [2.05, 4.69) is 20.5 Å². The number of hydrogen-bond donors (Lipinski definition) is 2. The van der Waals surface area contributed by atoms with Crippen molar-refractivity contribution >= 4 is 52.5 Å². The maximum absolute atomic E-state index is 12.4. The van der Waals surface area contributed by atoms with Crippen LogP contribution >= 0.6 is 35.0 Å². The lowest BCUT2D eigenvalue weighted by Crippen LogP contribution is -2.36. The zero-order valence-corrected chi connectivity index (χ0v) is 19.0. The molecule has 0 aliphatic carbocycles. The van der Waals surface area contributed by atoms with Gasteiger partial charge in [0.15, 0.2) is 5.82 Å². The number of benzene rings is 2. The maximum Gasteiger partial charge on any atom is 0.244 e. The first kappa shape index (κ1) is 22.9. The molecule has 1 heterocycles. The van der Waals surface area contributed by atoms with Crippen LogP contribution in [0.3, 0.4) is 0 Å². The van der Waals surface area contributed by atoms with Crippen LogP contribution in [0.5, 0.6) is 5.75 Å². The van der Waals surface area contributed by atoms with Gasteiger partial charge in [-0.2, -0.15) is 0 Å². The highest BCUT2D eigenvalue weighted by molar-refractivity contribution is 7.99. The second-order valence-electron chi connectivity index (χ2n) is 6.38. The van der Waals surface area contributed by atoms with Gasteiger partial charge in [-0.25, -0.2) is 4.98 Å². The fourth-order valence-corrected chi connectivity index (χ4v) is 3.68. The van der Waals surface area contributed by atoms with E-state index in [1.807, 2.05) is 0 Å². The second-order valence-corrected chi connectivity index (χ2v) is 8.16. The average molecular weight is 480 g/mol. The Morgan fingerprint density at radius 3 is 2.74 bits per heavy atom. The Balaban J connectivity index is 1.54. The van der Waals surface area contributed by atoms with E-state index >= 15 is 0 Å². The molecule has 2 amide bonds. The SMILES string of the molecule is COc1ccc(Cl)cc1-c1nc(SCC(=O)N(C)CC(=O)Nc2ccccc2Cl)n[nH]1. The third kappa shape index (κ3) is 6.13. The topological polar surface area (TPSA) is 100 Å². The van der Waals surface area contributed by atoms with Crippen molar-refractivity contribution in [2.45, 2.75) is 5.16 Å². The summed E-state index contributed by atoms with van der Waals surface area (Å²) in [7, 11) is 3.10. The third-order valence-corrected chi connectivity index (χ3v) is 5.56. The number of halogens is 2. The van der Waals surface area contributed by atoms with Gasteiger partial charge in [-0.15, -0.1) is 5.10 Å². The number of ether oxygens (including phenoxy) is 1. The molecule has 0 spiro atoms. The summed E-state index contributed by atoms with van der Waals surface area (Å²) < 4.78 is 5.32. The van der Waals surface area contributed by atoms with E-state index in [0.717, 1.165) is 11.8 Å². The monoisotopic (exact) mass is 479 g/mol. The molecular weight excluding hydrogens is 461 g/mol. The number of nitrogens with one attached hydrogen (secondary N) is 2. The molecule has 0 radical (unpaired) electrons. The van der Waals surface area contributed by atoms with Crippen LogP contribution in [-0.2, 0) is 9.59 Å². The number of para-hydroxylation sites is 1. The summed E-state index contributed by atoms with van der Waals surface area (Å²) >= 11 is 13.2. The van der Waals surface area contributed by atoms with Crippen molar-refractivity contribution in [2.75, 3.05) is 31.8 Å². The number of thioether (sulfide) groups is 1. The smallest absolute Gasteiger partial charge is 0.244 e. The zero-order valence-electron chi connectivity index (χ0n) is 16.7. The number of rotatable bonds is 8. The molecule has 0 aliphatic heterocycles. The molecular formula is C20H19Cl2N5O3S. The minimum Gasteiger partial charge on any atom is -0.496 e. The fraction of sp³-hybridized carbons (Fsp3) is 0.200. The molecule has 1 aromatic heterocycles. The van der Waals surface area contributed by atoms with E-state index in [1.165, 1.54) is 4.90 Å². The van der Waals surface area contributed by atoms with Crippen molar-refractivity contribution in [3.05, 3.63) is 52.5 Å². The molecule has 162 valence electrons. The van der Waals surface area contributed by atoms with E-state index in [1.54, 1.807) is 56.6 Å². The number of nitrogens with zero attached hydrogens (tertiary/aromatic N) is 3. The molecule has 3 rings (SSSR count). The highest BCUT2D eigenvalue weighted by atomic mass is 35.5. The van der Waals surface area contributed by atoms with Crippen molar-refractivity contribution < 1.29 is 14.3 Å². The van der Waals surface area contributed by atoms with Crippen LogP contribution in [0.2, 0.25) is 10.0 Å². The van der Waals surface area contributed by atoms with Crippen molar-refractivity contribution in [1.82, 2.24) is 20.1 Å². The second kappa shape index (κ2) is 10.5. The molecule has 0 atom stereocenters. The van der Waals surface area contributed by atoms with E-state index < -0.39 is 0 Å². The number of carbonyl (C=O) groups excluding carboxylic acids is 2. The summed E-state index contributed by atoms with van der Waals surface area (Å²) in [5.41, 5.74) is 1.16. The Hall–Kier alpha value is -2.75. The van der Waals surface area contributed by atoms with E-state index in [-0.39, 0.29) is 24.1 Å². The molecule has 0 aliphatic rings. The number of H-pyrrole nitrogens is 1. The van der Waals surface area contributed by atoms with Gasteiger partial charge < -0.3 is 15.0 Å². The lowest BCUT2D eigenvalue weighted by atomic mass is 10.2. The molecule has 3 aromatic rings. The molecule has 31 heavy (non-hydrogen) atoms. The molecule has 2 N–H and O–H groups in total. The summed E-state index contributed by atoms with van der Waals surface area (Å²) in [4.78, 5) is 30.3. The fourth-order valence-electron chi connectivity index (χ4n) is 2.59. The number of likely N-dealkylation sites (N-methyl/N-ethyl adjacent to an activating group) is 1. The zero-order chi connectivity index (χ0) is 22.4. The molecule has 8 nitrogen and oxygen atoms in total. The standard InChI is InChI=1S/C20H19Cl2N5O3S/c1-27(10-17(28)23-15-6-4-3-5-14(15)22)18(29)11-31-20-24-19(25-26-20)13-9-12(21)7-8-16(13)30-2/h3-9H,10-11H2,1-2H3,(H,23,28)(H,24,25,26). The Morgan fingerprint density at radius 2 is 2.00 bits per heavy atom. The average Bonchev–Trinajstić information content (AvgIpc) is 3.22. The van der Waals surface area contributed by atoms with E-state index in [0.29, 0.717) is 38.0 Å². The summed E-state index contributed by atoms with van der Waals surface area (Å²) in [5, 5.41) is 11.0. The molecule has 0 saturated heterocycles. The molecule has 0 fully saturated rings. The van der Waals surface area contributed by atoms with Crippen molar-refractivity contribution in [3.8, 4) is 17.1 Å². The highest BCUT2D eigenvalue weighted by Gasteiger charge is 2.17. The molecule has 0 bridgehead atoms. The minimum absolute atomic E-state index is 0.0693. The first-order valence-electron chi connectivity index (χ1n) is 9.05. The van der Waals surface area contributed by atoms with Gasteiger partial charge in [0.1, 0.15) is 5.75 Å².